The molecule has 1 aliphatic rings. The molecule has 2 rings (SSSR count). The molecule has 1 aromatic carbocycles. The SMILES string of the molecule is Cc1ccc(N)cc1NC(=O)CN(C)C1CCCC1. The molecule has 4 heteroatoms. The molecule has 1 saturated carbocycles. The maximum atomic E-state index is 12.0. The smallest absolute Gasteiger partial charge is 0.238 e. The number of rotatable bonds is 4. The predicted octanol–water partition coefficient (Wildman–Crippen LogP) is 2.39. The van der Waals surface area contributed by atoms with Crippen molar-refractivity contribution in [1.29, 1.82) is 0 Å². The van der Waals surface area contributed by atoms with Crippen LogP contribution in [0.4, 0.5) is 11.4 Å². The summed E-state index contributed by atoms with van der Waals surface area (Å²) >= 11 is 0. The normalized spacial score (nSPS) is 15.9. The Morgan fingerprint density at radius 2 is 2.11 bits per heavy atom. The van der Waals surface area contributed by atoms with Crippen LogP contribution in [-0.2, 0) is 4.79 Å². The summed E-state index contributed by atoms with van der Waals surface area (Å²) in [6.07, 6.45) is 4.98. The number of aryl methyl sites for hydroxylation is 1. The van der Waals surface area contributed by atoms with Crippen molar-refractivity contribution in [1.82, 2.24) is 4.90 Å². The number of hydrogen-bond donors (Lipinski definition) is 2. The molecule has 0 heterocycles. The van der Waals surface area contributed by atoms with Crippen LogP contribution in [0, 0.1) is 6.92 Å². The Balaban J connectivity index is 1.91. The van der Waals surface area contributed by atoms with Gasteiger partial charge in [-0.15, -0.1) is 0 Å². The van der Waals surface area contributed by atoms with E-state index in [1.807, 2.05) is 32.2 Å². The molecule has 1 amide bonds. The topological polar surface area (TPSA) is 58.4 Å². The summed E-state index contributed by atoms with van der Waals surface area (Å²) in [4.78, 5) is 14.2. The van der Waals surface area contributed by atoms with E-state index in [4.69, 9.17) is 5.73 Å². The average Bonchev–Trinajstić information content (AvgIpc) is 2.87. The van der Waals surface area contributed by atoms with Crippen LogP contribution >= 0.6 is 0 Å². The summed E-state index contributed by atoms with van der Waals surface area (Å²) < 4.78 is 0. The second-order valence-corrected chi connectivity index (χ2v) is 5.48. The molecule has 0 atom stereocenters. The van der Waals surface area contributed by atoms with E-state index in [1.54, 1.807) is 0 Å². The van der Waals surface area contributed by atoms with Gasteiger partial charge >= 0.3 is 0 Å². The van der Waals surface area contributed by atoms with Crippen LogP contribution in [-0.4, -0.2) is 30.4 Å². The van der Waals surface area contributed by atoms with Crippen molar-refractivity contribution in [2.75, 3.05) is 24.6 Å². The Labute approximate surface area is 115 Å². The van der Waals surface area contributed by atoms with Gasteiger partial charge in [0.15, 0.2) is 0 Å². The third-order valence-electron chi connectivity index (χ3n) is 3.88. The molecule has 0 aromatic heterocycles. The summed E-state index contributed by atoms with van der Waals surface area (Å²) in [5.41, 5.74) is 8.26. The summed E-state index contributed by atoms with van der Waals surface area (Å²) in [6, 6.07) is 6.14. The van der Waals surface area contributed by atoms with Crippen LogP contribution in [0.5, 0.6) is 0 Å². The zero-order chi connectivity index (χ0) is 13.8. The number of hydrogen-bond acceptors (Lipinski definition) is 3. The molecule has 1 aromatic rings. The average molecular weight is 261 g/mol. The van der Waals surface area contributed by atoms with E-state index in [2.05, 4.69) is 10.2 Å². The first kappa shape index (κ1) is 13.9. The first-order valence-electron chi connectivity index (χ1n) is 6.92. The van der Waals surface area contributed by atoms with E-state index in [9.17, 15) is 4.79 Å². The van der Waals surface area contributed by atoms with Crippen LogP contribution in [0.25, 0.3) is 0 Å². The number of nitrogens with one attached hydrogen (secondary N) is 1. The fraction of sp³-hybridized carbons (Fsp3) is 0.533. The van der Waals surface area contributed by atoms with Gasteiger partial charge in [-0.25, -0.2) is 0 Å². The van der Waals surface area contributed by atoms with Gasteiger partial charge in [0.25, 0.3) is 0 Å². The highest BCUT2D eigenvalue weighted by molar-refractivity contribution is 5.93. The number of carbonyl (C=O) groups is 1. The highest BCUT2D eigenvalue weighted by Crippen LogP contribution is 2.22. The van der Waals surface area contributed by atoms with Gasteiger partial charge in [-0.2, -0.15) is 0 Å². The molecule has 1 fully saturated rings. The standard InChI is InChI=1S/C15H23N3O/c1-11-7-8-12(16)9-14(11)17-15(19)10-18(2)13-5-3-4-6-13/h7-9,13H,3-6,10,16H2,1-2H3,(H,17,19). The zero-order valence-corrected chi connectivity index (χ0v) is 11.8. The molecule has 3 N–H and O–H groups in total. The maximum absolute atomic E-state index is 12.0. The molecule has 0 aliphatic heterocycles. The minimum absolute atomic E-state index is 0.0306. The lowest BCUT2D eigenvalue weighted by Crippen LogP contribution is -2.36. The van der Waals surface area contributed by atoms with Gasteiger partial charge in [0.1, 0.15) is 0 Å². The van der Waals surface area contributed by atoms with Crippen LogP contribution in [0.15, 0.2) is 18.2 Å². The van der Waals surface area contributed by atoms with Gasteiger partial charge in [0.2, 0.25) is 5.91 Å². The Hall–Kier alpha value is -1.55. The minimum Gasteiger partial charge on any atom is -0.399 e. The molecule has 4 nitrogen and oxygen atoms in total. The van der Waals surface area contributed by atoms with Crippen molar-refractivity contribution in [3.8, 4) is 0 Å². The lowest BCUT2D eigenvalue weighted by molar-refractivity contribution is -0.117. The van der Waals surface area contributed by atoms with E-state index in [1.165, 1.54) is 25.7 Å². The predicted molar refractivity (Wildman–Crippen MR) is 79.1 cm³/mol. The Morgan fingerprint density at radius 3 is 2.79 bits per heavy atom. The summed E-state index contributed by atoms with van der Waals surface area (Å²) in [5, 5.41) is 2.94. The molecule has 0 bridgehead atoms. The largest absolute Gasteiger partial charge is 0.399 e. The van der Waals surface area contributed by atoms with E-state index in [0.717, 1.165) is 11.3 Å². The Morgan fingerprint density at radius 1 is 1.42 bits per heavy atom. The van der Waals surface area contributed by atoms with E-state index < -0.39 is 0 Å². The molecule has 104 valence electrons. The van der Waals surface area contributed by atoms with Gasteiger partial charge in [-0.1, -0.05) is 18.9 Å². The van der Waals surface area contributed by atoms with Crippen molar-refractivity contribution in [2.24, 2.45) is 0 Å². The molecule has 0 saturated heterocycles. The fourth-order valence-corrected chi connectivity index (χ4v) is 2.66. The Kier molecular flexibility index (Phi) is 4.43. The van der Waals surface area contributed by atoms with Gasteiger partial charge in [-0.05, 0) is 44.5 Å². The molecule has 1 aliphatic carbocycles. The number of amides is 1. The highest BCUT2D eigenvalue weighted by Gasteiger charge is 2.21. The van der Waals surface area contributed by atoms with Gasteiger partial charge in [0.05, 0.1) is 6.54 Å². The van der Waals surface area contributed by atoms with Gasteiger partial charge < -0.3 is 11.1 Å². The Bertz CT molecular complexity index is 453. The van der Waals surface area contributed by atoms with E-state index >= 15 is 0 Å². The summed E-state index contributed by atoms with van der Waals surface area (Å²) in [5.74, 6) is 0.0306. The summed E-state index contributed by atoms with van der Waals surface area (Å²) in [6.45, 7) is 2.41. The zero-order valence-electron chi connectivity index (χ0n) is 11.8. The molecule has 0 unspecified atom stereocenters. The first-order chi connectivity index (χ1) is 9.06. The number of nitrogen functional groups attached to an aromatic ring is 1. The molecule has 19 heavy (non-hydrogen) atoms. The number of benzene rings is 1. The maximum Gasteiger partial charge on any atom is 0.238 e. The highest BCUT2D eigenvalue weighted by atomic mass is 16.2. The van der Waals surface area contributed by atoms with Crippen molar-refractivity contribution in [3.63, 3.8) is 0 Å². The quantitative estimate of drug-likeness (QED) is 0.818. The number of nitrogens with zero attached hydrogens (tertiary/aromatic N) is 1. The molecular weight excluding hydrogens is 238 g/mol. The molecule has 0 spiro atoms. The van der Waals surface area contributed by atoms with Crippen LogP contribution < -0.4 is 11.1 Å². The molecule has 0 radical (unpaired) electrons. The number of likely N-dealkylation sites (N-methyl/N-ethyl adjacent to an activating group) is 1. The van der Waals surface area contributed by atoms with E-state index in [-0.39, 0.29) is 5.91 Å². The first-order valence-corrected chi connectivity index (χ1v) is 6.92. The van der Waals surface area contributed by atoms with E-state index in [0.29, 0.717) is 18.3 Å². The lowest BCUT2D eigenvalue weighted by Gasteiger charge is -2.23. The monoisotopic (exact) mass is 261 g/mol. The van der Waals surface area contributed by atoms with Crippen molar-refractivity contribution < 1.29 is 4.79 Å². The number of anilines is 2. The van der Waals surface area contributed by atoms with Gasteiger partial charge in [0, 0.05) is 17.4 Å². The molecular formula is C15H23N3O. The second kappa shape index (κ2) is 6.06. The third kappa shape index (κ3) is 3.70. The number of nitrogens with two attached hydrogens (primary N) is 1. The van der Waals surface area contributed by atoms with Crippen LogP contribution in [0.2, 0.25) is 0 Å². The van der Waals surface area contributed by atoms with Crippen LogP contribution in [0.3, 0.4) is 0 Å². The van der Waals surface area contributed by atoms with Crippen molar-refractivity contribution in [2.45, 2.75) is 38.6 Å². The van der Waals surface area contributed by atoms with Crippen LogP contribution in [0.1, 0.15) is 31.2 Å². The second-order valence-electron chi connectivity index (χ2n) is 5.48. The van der Waals surface area contributed by atoms with Crippen molar-refractivity contribution in [3.05, 3.63) is 23.8 Å². The lowest BCUT2D eigenvalue weighted by atomic mass is 10.2. The minimum atomic E-state index is 0.0306. The summed E-state index contributed by atoms with van der Waals surface area (Å²) in [7, 11) is 2.03. The van der Waals surface area contributed by atoms with Gasteiger partial charge in [-0.3, -0.25) is 9.69 Å². The van der Waals surface area contributed by atoms with Crippen molar-refractivity contribution >= 4 is 17.3 Å². The fourth-order valence-electron chi connectivity index (χ4n) is 2.66. The number of carbonyl (C=O) groups excluding carboxylic acids is 1. The third-order valence-corrected chi connectivity index (χ3v) is 3.88.